The van der Waals surface area contributed by atoms with Crippen LogP contribution in [0.1, 0.15) is 43.4 Å². The number of carboxylic acids is 1. The van der Waals surface area contributed by atoms with E-state index < -0.39 is 5.97 Å². The second kappa shape index (κ2) is 5.42. The normalized spacial score (nSPS) is 11.4. The largest absolute Gasteiger partial charge is 0.496 e. The number of carbonyl (C=O) groups is 1. The highest BCUT2D eigenvalue weighted by Crippen LogP contribution is 2.38. The number of ether oxygens (including phenoxy) is 1. The van der Waals surface area contributed by atoms with Crippen LogP contribution in [0, 0.1) is 13.8 Å². The smallest absolute Gasteiger partial charge is 0.303 e. The first-order valence-electron chi connectivity index (χ1n) is 6.15. The van der Waals surface area contributed by atoms with Crippen molar-refractivity contribution in [2.45, 2.75) is 46.0 Å². The molecule has 0 aliphatic carbocycles. The molecule has 0 aliphatic heterocycles. The van der Waals surface area contributed by atoms with E-state index in [2.05, 4.69) is 19.9 Å². The lowest BCUT2D eigenvalue weighted by molar-refractivity contribution is -0.137. The SMILES string of the molecule is COc1cc(C)cc(C)c1C(C)(C)CCC(=O)O. The quantitative estimate of drug-likeness (QED) is 0.870. The number of methoxy groups -OCH3 is 1. The summed E-state index contributed by atoms with van der Waals surface area (Å²) in [5, 5.41) is 8.83. The molecule has 0 radical (unpaired) electrons. The number of benzene rings is 1. The zero-order valence-electron chi connectivity index (χ0n) is 11.8. The van der Waals surface area contributed by atoms with Gasteiger partial charge in [-0.25, -0.2) is 0 Å². The minimum Gasteiger partial charge on any atom is -0.496 e. The summed E-state index contributed by atoms with van der Waals surface area (Å²) in [6, 6.07) is 4.12. The summed E-state index contributed by atoms with van der Waals surface area (Å²) < 4.78 is 5.45. The Morgan fingerprint density at radius 3 is 2.44 bits per heavy atom. The van der Waals surface area contributed by atoms with E-state index in [0.29, 0.717) is 6.42 Å². The molecule has 18 heavy (non-hydrogen) atoms. The minimum absolute atomic E-state index is 0.170. The number of hydrogen-bond donors (Lipinski definition) is 1. The molecule has 3 heteroatoms. The molecule has 1 N–H and O–H groups in total. The van der Waals surface area contributed by atoms with E-state index in [1.54, 1.807) is 7.11 Å². The van der Waals surface area contributed by atoms with E-state index in [1.807, 2.05) is 19.9 Å². The van der Waals surface area contributed by atoms with E-state index in [9.17, 15) is 4.79 Å². The van der Waals surface area contributed by atoms with Crippen molar-refractivity contribution in [1.29, 1.82) is 0 Å². The third-order valence-electron chi connectivity index (χ3n) is 3.30. The Morgan fingerprint density at radius 2 is 1.94 bits per heavy atom. The van der Waals surface area contributed by atoms with Gasteiger partial charge >= 0.3 is 5.97 Å². The van der Waals surface area contributed by atoms with Gasteiger partial charge in [-0.05, 0) is 42.9 Å². The Morgan fingerprint density at radius 1 is 1.33 bits per heavy atom. The summed E-state index contributed by atoms with van der Waals surface area (Å²) in [6.07, 6.45) is 0.770. The van der Waals surface area contributed by atoms with Gasteiger partial charge in [0.1, 0.15) is 5.75 Å². The zero-order chi connectivity index (χ0) is 13.9. The summed E-state index contributed by atoms with van der Waals surface area (Å²) in [7, 11) is 1.66. The first-order chi connectivity index (χ1) is 8.27. The summed E-state index contributed by atoms with van der Waals surface area (Å²) in [5.41, 5.74) is 3.21. The molecule has 1 rings (SSSR count). The maximum Gasteiger partial charge on any atom is 0.303 e. The average molecular weight is 250 g/mol. The third kappa shape index (κ3) is 3.25. The van der Waals surface area contributed by atoms with Crippen molar-refractivity contribution < 1.29 is 14.6 Å². The second-order valence-corrected chi connectivity index (χ2v) is 5.44. The molecule has 0 aromatic heterocycles. The summed E-state index contributed by atoms with van der Waals surface area (Å²) in [5.74, 6) is 0.0923. The van der Waals surface area contributed by atoms with Crippen LogP contribution in [-0.2, 0) is 10.2 Å². The molecule has 0 aliphatic rings. The molecule has 3 nitrogen and oxygen atoms in total. The summed E-state index contributed by atoms with van der Waals surface area (Å²) >= 11 is 0. The molecule has 0 heterocycles. The van der Waals surface area contributed by atoms with Crippen LogP contribution in [0.2, 0.25) is 0 Å². The fourth-order valence-electron chi connectivity index (χ4n) is 2.50. The van der Waals surface area contributed by atoms with E-state index in [1.165, 1.54) is 0 Å². The molecule has 0 saturated heterocycles. The van der Waals surface area contributed by atoms with E-state index in [0.717, 1.165) is 22.4 Å². The van der Waals surface area contributed by atoms with Gasteiger partial charge in [0.15, 0.2) is 0 Å². The minimum atomic E-state index is -0.758. The third-order valence-corrected chi connectivity index (χ3v) is 3.30. The summed E-state index contributed by atoms with van der Waals surface area (Å²) in [4.78, 5) is 10.7. The number of aliphatic carboxylic acids is 1. The van der Waals surface area contributed by atoms with Crippen LogP contribution in [0.5, 0.6) is 5.75 Å². The van der Waals surface area contributed by atoms with Crippen LogP contribution in [0.3, 0.4) is 0 Å². The Bertz CT molecular complexity index is 447. The average Bonchev–Trinajstić information content (AvgIpc) is 2.24. The maximum absolute atomic E-state index is 10.7. The fourth-order valence-corrected chi connectivity index (χ4v) is 2.50. The first kappa shape index (κ1) is 14.6. The zero-order valence-corrected chi connectivity index (χ0v) is 11.8. The number of hydrogen-bond acceptors (Lipinski definition) is 2. The highest BCUT2D eigenvalue weighted by atomic mass is 16.5. The molecule has 0 fully saturated rings. The van der Waals surface area contributed by atoms with Crippen molar-refractivity contribution in [2.75, 3.05) is 7.11 Å². The molecule has 100 valence electrons. The Kier molecular flexibility index (Phi) is 4.38. The lowest BCUT2D eigenvalue weighted by atomic mass is 9.77. The van der Waals surface area contributed by atoms with Crippen molar-refractivity contribution in [2.24, 2.45) is 0 Å². The van der Waals surface area contributed by atoms with Gasteiger partial charge in [-0.2, -0.15) is 0 Å². The predicted molar refractivity (Wildman–Crippen MR) is 72.4 cm³/mol. The van der Waals surface area contributed by atoms with Gasteiger partial charge in [-0.15, -0.1) is 0 Å². The molecule has 0 unspecified atom stereocenters. The molecule has 1 aromatic carbocycles. The van der Waals surface area contributed by atoms with Gasteiger partial charge in [0.2, 0.25) is 0 Å². The Labute approximate surface area is 109 Å². The van der Waals surface area contributed by atoms with Crippen LogP contribution in [0.25, 0.3) is 0 Å². The van der Waals surface area contributed by atoms with Gasteiger partial charge in [-0.1, -0.05) is 19.9 Å². The van der Waals surface area contributed by atoms with Crippen molar-refractivity contribution in [3.8, 4) is 5.75 Å². The van der Waals surface area contributed by atoms with Gasteiger partial charge in [-0.3, -0.25) is 4.79 Å². The van der Waals surface area contributed by atoms with Crippen molar-refractivity contribution in [3.05, 3.63) is 28.8 Å². The predicted octanol–water partition coefficient (Wildman–Crippen LogP) is 3.45. The highest BCUT2D eigenvalue weighted by molar-refractivity contribution is 5.67. The van der Waals surface area contributed by atoms with E-state index in [4.69, 9.17) is 9.84 Å². The monoisotopic (exact) mass is 250 g/mol. The van der Waals surface area contributed by atoms with Crippen LogP contribution in [-0.4, -0.2) is 18.2 Å². The van der Waals surface area contributed by atoms with Gasteiger partial charge in [0.25, 0.3) is 0 Å². The van der Waals surface area contributed by atoms with Crippen LogP contribution < -0.4 is 4.74 Å². The Hall–Kier alpha value is -1.51. The molecule has 0 atom stereocenters. The van der Waals surface area contributed by atoms with Crippen LogP contribution in [0.4, 0.5) is 0 Å². The molecule has 0 amide bonds. The molecular weight excluding hydrogens is 228 g/mol. The van der Waals surface area contributed by atoms with Crippen LogP contribution >= 0.6 is 0 Å². The maximum atomic E-state index is 10.7. The van der Waals surface area contributed by atoms with E-state index >= 15 is 0 Å². The van der Waals surface area contributed by atoms with E-state index in [-0.39, 0.29) is 11.8 Å². The number of rotatable bonds is 5. The molecule has 1 aromatic rings. The second-order valence-electron chi connectivity index (χ2n) is 5.44. The van der Waals surface area contributed by atoms with Crippen molar-refractivity contribution in [3.63, 3.8) is 0 Å². The molecule has 0 saturated carbocycles. The lowest BCUT2D eigenvalue weighted by Gasteiger charge is -2.29. The molecular formula is C15H22O3. The first-order valence-corrected chi connectivity index (χ1v) is 6.15. The van der Waals surface area contributed by atoms with Gasteiger partial charge in [0, 0.05) is 12.0 Å². The Balaban J connectivity index is 3.17. The standard InChI is InChI=1S/C15H22O3/c1-10-8-11(2)14(12(9-10)18-5)15(3,4)7-6-13(16)17/h8-9H,6-7H2,1-5H3,(H,16,17). The van der Waals surface area contributed by atoms with Gasteiger partial charge < -0.3 is 9.84 Å². The number of aryl methyl sites for hydroxylation is 2. The topological polar surface area (TPSA) is 46.5 Å². The number of carboxylic acid groups (broad SMARTS) is 1. The molecule has 0 bridgehead atoms. The summed E-state index contributed by atoms with van der Waals surface area (Å²) in [6.45, 7) is 8.21. The van der Waals surface area contributed by atoms with Crippen molar-refractivity contribution in [1.82, 2.24) is 0 Å². The van der Waals surface area contributed by atoms with Gasteiger partial charge in [0.05, 0.1) is 7.11 Å². The lowest BCUT2D eigenvalue weighted by Crippen LogP contribution is -2.21. The molecule has 0 spiro atoms. The van der Waals surface area contributed by atoms with Crippen molar-refractivity contribution >= 4 is 5.97 Å². The van der Waals surface area contributed by atoms with Crippen LogP contribution in [0.15, 0.2) is 12.1 Å². The highest BCUT2D eigenvalue weighted by Gasteiger charge is 2.27. The fraction of sp³-hybridized carbons (Fsp3) is 0.533.